The van der Waals surface area contributed by atoms with Crippen molar-refractivity contribution in [3.8, 4) is 5.69 Å². The van der Waals surface area contributed by atoms with E-state index in [9.17, 15) is 14.0 Å². The summed E-state index contributed by atoms with van der Waals surface area (Å²) in [7, 11) is 0. The first-order chi connectivity index (χ1) is 13.8. The van der Waals surface area contributed by atoms with Crippen molar-refractivity contribution in [1.29, 1.82) is 0 Å². The van der Waals surface area contributed by atoms with Crippen LogP contribution in [-0.2, 0) is 11.2 Å². The highest BCUT2D eigenvalue weighted by atomic mass is 35.5. The number of carbonyl (C=O) groups is 2. The maximum absolute atomic E-state index is 13.6. The quantitative estimate of drug-likeness (QED) is 0.610. The molecule has 0 spiro atoms. The standard InChI is InChI=1S/C20H17Cl2FN4O2/c1-11-15(12(2)27(26-11)13-7-8-16(21)17(22)9-13)10-19(28)24-25-20(29)14-5-3-4-6-18(14)23/h3-9H,10H2,1-2H3,(H,24,28)(H,25,29). The third kappa shape index (κ3) is 4.58. The second kappa shape index (κ2) is 8.63. The molecule has 9 heteroatoms. The summed E-state index contributed by atoms with van der Waals surface area (Å²) < 4.78 is 15.3. The number of amides is 2. The van der Waals surface area contributed by atoms with Gasteiger partial charge in [0.05, 0.1) is 33.4 Å². The Morgan fingerprint density at radius 3 is 2.48 bits per heavy atom. The second-order valence-corrected chi connectivity index (χ2v) is 7.13. The fourth-order valence-electron chi connectivity index (χ4n) is 2.84. The number of hydrogen-bond donors (Lipinski definition) is 2. The van der Waals surface area contributed by atoms with Gasteiger partial charge in [-0.3, -0.25) is 20.4 Å². The third-order valence-corrected chi connectivity index (χ3v) is 5.10. The van der Waals surface area contributed by atoms with Gasteiger partial charge in [-0.2, -0.15) is 5.10 Å². The molecule has 2 N–H and O–H groups in total. The van der Waals surface area contributed by atoms with Gasteiger partial charge in [0.25, 0.3) is 5.91 Å². The van der Waals surface area contributed by atoms with Crippen LogP contribution in [0.25, 0.3) is 5.69 Å². The number of aryl methyl sites for hydroxylation is 1. The number of rotatable bonds is 4. The van der Waals surface area contributed by atoms with Crippen LogP contribution in [0.2, 0.25) is 10.0 Å². The Bertz CT molecular complexity index is 1100. The lowest BCUT2D eigenvalue weighted by Gasteiger charge is -2.09. The van der Waals surface area contributed by atoms with Gasteiger partial charge in [0.1, 0.15) is 5.82 Å². The Kier molecular flexibility index (Phi) is 6.20. The fourth-order valence-corrected chi connectivity index (χ4v) is 3.14. The van der Waals surface area contributed by atoms with Crippen LogP contribution in [0.1, 0.15) is 27.3 Å². The maximum atomic E-state index is 13.6. The predicted octanol–water partition coefficient (Wildman–Crippen LogP) is 3.94. The normalized spacial score (nSPS) is 10.7. The molecule has 0 saturated carbocycles. The molecular formula is C20H17Cl2FN4O2. The highest BCUT2D eigenvalue weighted by Gasteiger charge is 2.17. The van der Waals surface area contributed by atoms with Gasteiger partial charge in [0.15, 0.2) is 0 Å². The van der Waals surface area contributed by atoms with Crippen molar-refractivity contribution in [3.05, 3.63) is 80.8 Å². The summed E-state index contributed by atoms with van der Waals surface area (Å²) in [6.45, 7) is 3.60. The topological polar surface area (TPSA) is 76.0 Å². The lowest BCUT2D eigenvalue weighted by molar-refractivity contribution is -0.121. The minimum absolute atomic E-state index is 0.0173. The first-order valence-corrected chi connectivity index (χ1v) is 9.37. The van der Waals surface area contributed by atoms with E-state index < -0.39 is 17.6 Å². The lowest BCUT2D eigenvalue weighted by Crippen LogP contribution is -2.42. The summed E-state index contributed by atoms with van der Waals surface area (Å²) in [4.78, 5) is 24.3. The molecule has 2 aromatic carbocycles. The summed E-state index contributed by atoms with van der Waals surface area (Å²) in [5.74, 6) is -1.88. The zero-order valence-corrected chi connectivity index (χ0v) is 17.1. The molecule has 0 aliphatic carbocycles. The van der Waals surface area contributed by atoms with E-state index in [1.165, 1.54) is 24.3 Å². The maximum Gasteiger partial charge on any atom is 0.272 e. The zero-order valence-electron chi connectivity index (χ0n) is 15.6. The molecule has 0 bridgehead atoms. The van der Waals surface area contributed by atoms with Crippen molar-refractivity contribution in [2.24, 2.45) is 0 Å². The van der Waals surface area contributed by atoms with Gasteiger partial charge in [0.2, 0.25) is 5.91 Å². The summed E-state index contributed by atoms with van der Waals surface area (Å²) >= 11 is 12.0. The fraction of sp³-hybridized carbons (Fsp3) is 0.150. The molecule has 1 heterocycles. The van der Waals surface area contributed by atoms with E-state index in [2.05, 4.69) is 16.0 Å². The number of carbonyl (C=O) groups excluding carboxylic acids is 2. The molecule has 0 aliphatic rings. The largest absolute Gasteiger partial charge is 0.273 e. The predicted molar refractivity (Wildman–Crippen MR) is 109 cm³/mol. The van der Waals surface area contributed by atoms with Crippen LogP contribution in [0.3, 0.4) is 0 Å². The molecule has 0 radical (unpaired) electrons. The van der Waals surface area contributed by atoms with Crippen LogP contribution in [0.15, 0.2) is 42.5 Å². The van der Waals surface area contributed by atoms with Crippen LogP contribution < -0.4 is 10.9 Å². The Morgan fingerprint density at radius 2 is 1.79 bits per heavy atom. The van der Waals surface area contributed by atoms with E-state index in [1.54, 1.807) is 29.8 Å². The Labute approximate surface area is 176 Å². The third-order valence-electron chi connectivity index (χ3n) is 4.36. The first-order valence-electron chi connectivity index (χ1n) is 8.62. The number of hydrazine groups is 1. The number of benzene rings is 2. The SMILES string of the molecule is Cc1nn(-c2ccc(Cl)c(Cl)c2)c(C)c1CC(=O)NNC(=O)c1ccccc1F. The molecule has 0 atom stereocenters. The molecule has 0 saturated heterocycles. The van der Waals surface area contributed by atoms with Gasteiger partial charge in [-0.1, -0.05) is 35.3 Å². The molecule has 0 aliphatic heterocycles. The van der Waals surface area contributed by atoms with Gasteiger partial charge in [0, 0.05) is 11.3 Å². The zero-order chi connectivity index (χ0) is 21.1. The van der Waals surface area contributed by atoms with Crippen molar-refractivity contribution < 1.29 is 14.0 Å². The number of hydrogen-bond acceptors (Lipinski definition) is 3. The number of nitrogens with one attached hydrogen (secondary N) is 2. The van der Waals surface area contributed by atoms with Crippen molar-refractivity contribution in [2.45, 2.75) is 20.3 Å². The molecule has 6 nitrogen and oxygen atoms in total. The van der Waals surface area contributed by atoms with Gasteiger partial charge in [-0.05, 0) is 44.2 Å². The number of aromatic nitrogens is 2. The molecule has 3 aromatic rings. The van der Waals surface area contributed by atoms with E-state index in [0.717, 1.165) is 5.69 Å². The summed E-state index contributed by atoms with van der Waals surface area (Å²) in [6.07, 6.45) is -0.0173. The average molecular weight is 435 g/mol. The molecule has 0 fully saturated rings. The van der Waals surface area contributed by atoms with Crippen molar-refractivity contribution in [1.82, 2.24) is 20.6 Å². The van der Waals surface area contributed by atoms with Crippen LogP contribution in [0.4, 0.5) is 4.39 Å². The van der Waals surface area contributed by atoms with Crippen molar-refractivity contribution in [2.75, 3.05) is 0 Å². The minimum Gasteiger partial charge on any atom is -0.273 e. The van der Waals surface area contributed by atoms with Gasteiger partial charge < -0.3 is 0 Å². The lowest BCUT2D eigenvalue weighted by atomic mass is 10.1. The smallest absolute Gasteiger partial charge is 0.272 e. The molecule has 0 unspecified atom stereocenters. The van der Waals surface area contributed by atoms with E-state index >= 15 is 0 Å². The monoisotopic (exact) mass is 434 g/mol. The van der Waals surface area contributed by atoms with Crippen molar-refractivity contribution >= 4 is 35.0 Å². The highest BCUT2D eigenvalue weighted by molar-refractivity contribution is 6.42. The Balaban J connectivity index is 1.71. The summed E-state index contributed by atoms with van der Waals surface area (Å²) in [5, 5.41) is 5.28. The average Bonchev–Trinajstić information content (AvgIpc) is 2.97. The molecule has 2 amide bonds. The summed E-state index contributed by atoms with van der Waals surface area (Å²) in [5.41, 5.74) is 7.16. The van der Waals surface area contributed by atoms with Crippen LogP contribution in [-0.4, -0.2) is 21.6 Å². The van der Waals surface area contributed by atoms with Crippen LogP contribution >= 0.6 is 23.2 Å². The number of nitrogens with zero attached hydrogens (tertiary/aromatic N) is 2. The Hall–Kier alpha value is -2.90. The van der Waals surface area contributed by atoms with E-state index in [4.69, 9.17) is 23.2 Å². The van der Waals surface area contributed by atoms with Gasteiger partial charge in [-0.25, -0.2) is 9.07 Å². The van der Waals surface area contributed by atoms with Gasteiger partial charge >= 0.3 is 0 Å². The van der Waals surface area contributed by atoms with E-state index in [-0.39, 0.29) is 12.0 Å². The van der Waals surface area contributed by atoms with Gasteiger partial charge in [-0.15, -0.1) is 0 Å². The molecule has 1 aromatic heterocycles. The minimum atomic E-state index is -0.739. The van der Waals surface area contributed by atoms with E-state index in [1.807, 2.05) is 6.92 Å². The summed E-state index contributed by atoms with van der Waals surface area (Å²) in [6, 6.07) is 10.6. The van der Waals surface area contributed by atoms with E-state index in [0.29, 0.717) is 27.0 Å². The Morgan fingerprint density at radius 1 is 1.07 bits per heavy atom. The van der Waals surface area contributed by atoms with Crippen molar-refractivity contribution in [3.63, 3.8) is 0 Å². The van der Waals surface area contributed by atoms with Crippen LogP contribution in [0, 0.1) is 19.7 Å². The number of halogens is 3. The molecule has 29 heavy (non-hydrogen) atoms. The first kappa shape index (κ1) is 20.8. The molecular weight excluding hydrogens is 418 g/mol. The highest BCUT2D eigenvalue weighted by Crippen LogP contribution is 2.26. The molecule has 3 rings (SSSR count). The molecule has 150 valence electrons. The second-order valence-electron chi connectivity index (χ2n) is 6.32. The van der Waals surface area contributed by atoms with Crippen LogP contribution in [0.5, 0.6) is 0 Å².